The molecule has 3 rings (SSSR count). The maximum Gasteiger partial charge on any atom is 0.263 e. The van der Waals surface area contributed by atoms with Crippen LogP contribution in [-0.4, -0.2) is 40.0 Å². The van der Waals surface area contributed by atoms with Gasteiger partial charge in [0.25, 0.3) is 11.8 Å². The molecule has 1 aliphatic carbocycles. The summed E-state index contributed by atoms with van der Waals surface area (Å²) in [6, 6.07) is 1.60. The van der Waals surface area contributed by atoms with E-state index >= 15 is 0 Å². The Morgan fingerprint density at radius 2 is 1.85 bits per heavy atom. The van der Waals surface area contributed by atoms with Gasteiger partial charge < -0.3 is 5.11 Å². The third kappa shape index (κ3) is 2.12. The molecule has 1 N–H and O–H groups in total. The van der Waals surface area contributed by atoms with E-state index in [9.17, 15) is 14.7 Å². The van der Waals surface area contributed by atoms with E-state index in [-0.39, 0.29) is 30.3 Å². The van der Waals surface area contributed by atoms with Crippen LogP contribution in [0.1, 0.15) is 46.4 Å². The van der Waals surface area contributed by atoms with E-state index in [0.29, 0.717) is 17.7 Å². The zero-order valence-corrected chi connectivity index (χ0v) is 11.3. The standard InChI is InChI=1S/C15H18N2O3/c18-9-11-4-2-1-3-10(11)8-17-14(19)12-5-6-16-7-13(12)15(17)20/h5-7,10-11,18H,1-4,8-9H2. The number of hydrogen-bond acceptors (Lipinski definition) is 4. The highest BCUT2D eigenvalue weighted by molar-refractivity contribution is 6.21. The first-order chi connectivity index (χ1) is 9.72. The number of carbonyl (C=O) groups excluding carboxylic acids is 2. The van der Waals surface area contributed by atoms with Gasteiger partial charge in [-0.2, -0.15) is 0 Å². The predicted molar refractivity (Wildman–Crippen MR) is 72.1 cm³/mol. The third-order valence-electron chi connectivity index (χ3n) is 4.49. The second kappa shape index (κ2) is 5.32. The van der Waals surface area contributed by atoms with E-state index in [2.05, 4.69) is 4.98 Å². The van der Waals surface area contributed by atoms with E-state index in [4.69, 9.17) is 0 Å². The Labute approximate surface area is 117 Å². The first kappa shape index (κ1) is 13.2. The molecule has 0 saturated heterocycles. The van der Waals surface area contributed by atoms with Crippen LogP contribution in [0.5, 0.6) is 0 Å². The Hall–Kier alpha value is -1.75. The van der Waals surface area contributed by atoms with E-state index in [1.807, 2.05) is 0 Å². The monoisotopic (exact) mass is 274 g/mol. The fraction of sp³-hybridized carbons (Fsp3) is 0.533. The summed E-state index contributed by atoms with van der Waals surface area (Å²) in [5, 5.41) is 9.44. The van der Waals surface area contributed by atoms with Crippen molar-refractivity contribution < 1.29 is 14.7 Å². The highest BCUT2D eigenvalue weighted by Crippen LogP contribution is 2.32. The lowest BCUT2D eigenvalue weighted by Gasteiger charge is -2.32. The molecule has 0 aromatic carbocycles. The quantitative estimate of drug-likeness (QED) is 0.847. The fourth-order valence-corrected chi connectivity index (χ4v) is 3.30. The topological polar surface area (TPSA) is 70.5 Å². The summed E-state index contributed by atoms with van der Waals surface area (Å²) in [5.74, 6) is -0.0647. The molecule has 5 nitrogen and oxygen atoms in total. The molecule has 1 aromatic heterocycles. The molecule has 2 atom stereocenters. The number of hydrogen-bond donors (Lipinski definition) is 1. The van der Waals surface area contributed by atoms with Crippen LogP contribution in [-0.2, 0) is 0 Å². The van der Waals surface area contributed by atoms with Crippen molar-refractivity contribution in [2.75, 3.05) is 13.2 Å². The number of aromatic nitrogens is 1. The number of aliphatic hydroxyl groups excluding tert-OH is 1. The van der Waals surface area contributed by atoms with Crippen LogP contribution in [0.3, 0.4) is 0 Å². The Morgan fingerprint density at radius 1 is 1.15 bits per heavy atom. The van der Waals surface area contributed by atoms with Crippen molar-refractivity contribution in [3.05, 3.63) is 29.6 Å². The van der Waals surface area contributed by atoms with Gasteiger partial charge in [-0.15, -0.1) is 0 Å². The summed E-state index contributed by atoms with van der Waals surface area (Å²) in [4.78, 5) is 29.8. The number of amides is 2. The van der Waals surface area contributed by atoms with Crippen LogP contribution >= 0.6 is 0 Å². The molecule has 5 heteroatoms. The van der Waals surface area contributed by atoms with Crippen LogP contribution in [0.15, 0.2) is 18.5 Å². The van der Waals surface area contributed by atoms with E-state index < -0.39 is 0 Å². The average molecular weight is 274 g/mol. The second-order valence-corrected chi connectivity index (χ2v) is 5.63. The zero-order chi connectivity index (χ0) is 14.1. The maximum absolute atomic E-state index is 12.3. The van der Waals surface area contributed by atoms with Gasteiger partial charge in [-0.25, -0.2) is 0 Å². The Morgan fingerprint density at radius 3 is 2.55 bits per heavy atom. The molecular formula is C15H18N2O3. The number of imide groups is 1. The van der Waals surface area contributed by atoms with Gasteiger partial charge in [-0.05, 0) is 30.7 Å². The van der Waals surface area contributed by atoms with Crippen molar-refractivity contribution >= 4 is 11.8 Å². The average Bonchev–Trinajstić information content (AvgIpc) is 2.73. The molecule has 106 valence electrons. The first-order valence-corrected chi connectivity index (χ1v) is 7.13. The summed E-state index contributed by atoms with van der Waals surface area (Å²) < 4.78 is 0. The predicted octanol–water partition coefficient (Wildman–Crippen LogP) is 1.48. The van der Waals surface area contributed by atoms with Crippen molar-refractivity contribution in [2.24, 2.45) is 11.8 Å². The Kier molecular flexibility index (Phi) is 3.53. The first-order valence-electron chi connectivity index (χ1n) is 7.13. The molecule has 1 aliphatic heterocycles. The molecule has 0 radical (unpaired) electrons. The summed E-state index contributed by atoms with van der Waals surface area (Å²) in [6.45, 7) is 0.549. The van der Waals surface area contributed by atoms with Crippen LogP contribution in [0.2, 0.25) is 0 Å². The maximum atomic E-state index is 12.3. The Bertz CT molecular complexity index is 509. The van der Waals surface area contributed by atoms with Gasteiger partial charge in [0.1, 0.15) is 0 Å². The second-order valence-electron chi connectivity index (χ2n) is 5.63. The molecule has 2 aliphatic rings. The van der Waals surface area contributed by atoms with Crippen molar-refractivity contribution in [3.8, 4) is 0 Å². The van der Waals surface area contributed by atoms with Crippen molar-refractivity contribution in [1.29, 1.82) is 0 Å². The molecule has 2 heterocycles. The molecular weight excluding hydrogens is 256 g/mol. The number of carbonyl (C=O) groups is 2. The van der Waals surface area contributed by atoms with E-state index in [1.54, 1.807) is 6.07 Å². The highest BCUT2D eigenvalue weighted by atomic mass is 16.3. The molecule has 0 spiro atoms. The Balaban J connectivity index is 1.79. The molecule has 0 bridgehead atoms. The summed E-state index contributed by atoms with van der Waals surface area (Å²) >= 11 is 0. The minimum atomic E-state index is -0.250. The van der Waals surface area contributed by atoms with Crippen molar-refractivity contribution in [2.45, 2.75) is 25.7 Å². The van der Waals surface area contributed by atoms with Gasteiger partial charge in [0, 0.05) is 25.5 Å². The molecule has 2 unspecified atom stereocenters. The largest absolute Gasteiger partial charge is 0.396 e. The number of aliphatic hydroxyl groups is 1. The van der Waals surface area contributed by atoms with Gasteiger partial charge in [-0.1, -0.05) is 12.8 Å². The smallest absolute Gasteiger partial charge is 0.263 e. The highest BCUT2D eigenvalue weighted by Gasteiger charge is 2.38. The molecule has 1 fully saturated rings. The SMILES string of the molecule is O=C1c2ccncc2C(=O)N1CC1CCCCC1CO. The molecule has 2 amide bonds. The van der Waals surface area contributed by atoms with Crippen molar-refractivity contribution in [3.63, 3.8) is 0 Å². The molecule has 20 heavy (non-hydrogen) atoms. The lowest BCUT2D eigenvalue weighted by atomic mass is 9.79. The lowest BCUT2D eigenvalue weighted by Crippen LogP contribution is -2.39. The van der Waals surface area contributed by atoms with Crippen molar-refractivity contribution in [1.82, 2.24) is 9.88 Å². The fourth-order valence-electron chi connectivity index (χ4n) is 3.30. The van der Waals surface area contributed by atoms with Gasteiger partial charge in [-0.3, -0.25) is 19.5 Å². The van der Waals surface area contributed by atoms with Gasteiger partial charge >= 0.3 is 0 Å². The van der Waals surface area contributed by atoms with Gasteiger partial charge in [0.15, 0.2) is 0 Å². The van der Waals surface area contributed by atoms with Crippen LogP contribution in [0, 0.1) is 11.8 Å². The van der Waals surface area contributed by atoms with Crippen LogP contribution in [0.25, 0.3) is 0 Å². The number of rotatable bonds is 3. The van der Waals surface area contributed by atoms with E-state index in [0.717, 1.165) is 25.7 Å². The molecule has 1 saturated carbocycles. The number of pyridine rings is 1. The van der Waals surface area contributed by atoms with Crippen LogP contribution < -0.4 is 0 Å². The normalized spacial score (nSPS) is 25.9. The minimum Gasteiger partial charge on any atom is -0.396 e. The summed E-state index contributed by atoms with van der Waals surface area (Å²) in [6.07, 6.45) is 7.16. The van der Waals surface area contributed by atoms with Gasteiger partial charge in [0.2, 0.25) is 0 Å². The third-order valence-corrected chi connectivity index (χ3v) is 4.49. The molecule has 1 aromatic rings. The van der Waals surface area contributed by atoms with E-state index in [1.165, 1.54) is 17.3 Å². The lowest BCUT2D eigenvalue weighted by molar-refractivity contribution is 0.0545. The zero-order valence-electron chi connectivity index (χ0n) is 11.3. The minimum absolute atomic E-state index is 0.134. The summed E-state index contributed by atoms with van der Waals surface area (Å²) in [7, 11) is 0. The number of fused-ring (bicyclic) bond motifs is 1. The summed E-state index contributed by atoms with van der Waals surface area (Å²) in [5.41, 5.74) is 0.843. The van der Waals surface area contributed by atoms with Gasteiger partial charge in [0.05, 0.1) is 11.1 Å². The van der Waals surface area contributed by atoms with Crippen LogP contribution in [0.4, 0.5) is 0 Å². The number of nitrogens with zero attached hydrogens (tertiary/aromatic N) is 2.